The predicted molar refractivity (Wildman–Crippen MR) is 100 cm³/mol. The molecule has 1 aromatic carbocycles. The first-order valence-corrected chi connectivity index (χ1v) is 9.57. The van der Waals surface area contributed by atoms with Gasteiger partial charge in [0.25, 0.3) is 0 Å². The first kappa shape index (κ1) is 18.0. The number of anilines is 1. The van der Waals surface area contributed by atoms with Crippen molar-refractivity contribution in [2.24, 2.45) is 17.8 Å². The molecule has 1 heterocycles. The molecule has 0 aromatic heterocycles. The minimum Gasteiger partial charge on any atom is -0.342 e. The molecule has 136 valence electrons. The number of carbonyl (C=O) groups is 2. The Bertz CT molecular complexity index is 660. The highest BCUT2D eigenvalue weighted by Gasteiger charge is 2.49. The zero-order valence-electron chi connectivity index (χ0n) is 15.8. The quantitative estimate of drug-likeness (QED) is 0.900. The van der Waals surface area contributed by atoms with Gasteiger partial charge in [-0.25, -0.2) is 0 Å². The van der Waals surface area contributed by atoms with Gasteiger partial charge in [-0.15, -0.1) is 0 Å². The van der Waals surface area contributed by atoms with Crippen LogP contribution in [0.15, 0.2) is 18.2 Å². The van der Waals surface area contributed by atoms with E-state index in [0.29, 0.717) is 18.3 Å². The third-order valence-electron chi connectivity index (χ3n) is 5.71. The van der Waals surface area contributed by atoms with Crippen LogP contribution in [0.1, 0.15) is 57.1 Å². The minimum absolute atomic E-state index is 0.0000671. The molecule has 3 rings (SSSR count). The van der Waals surface area contributed by atoms with Crippen molar-refractivity contribution in [1.82, 2.24) is 4.90 Å². The predicted octanol–water partition coefficient (Wildman–Crippen LogP) is 3.95. The monoisotopic (exact) mass is 342 g/mol. The van der Waals surface area contributed by atoms with Gasteiger partial charge in [-0.2, -0.15) is 0 Å². The molecule has 25 heavy (non-hydrogen) atoms. The fraction of sp³-hybridized carbons (Fsp3) is 0.619. The molecular formula is C21H30N2O2. The fourth-order valence-corrected chi connectivity index (χ4v) is 3.78. The second-order valence-electron chi connectivity index (χ2n) is 8.14. The van der Waals surface area contributed by atoms with Crippen LogP contribution in [0.3, 0.4) is 0 Å². The molecule has 1 aliphatic carbocycles. The van der Waals surface area contributed by atoms with Gasteiger partial charge in [-0.05, 0) is 49.1 Å². The number of nitrogens with zero attached hydrogens (tertiary/aromatic N) is 1. The number of nitrogens with one attached hydrogen (secondary N) is 1. The lowest BCUT2D eigenvalue weighted by atomic mass is 9.98. The summed E-state index contributed by atoms with van der Waals surface area (Å²) in [6.45, 7) is 10.2. The summed E-state index contributed by atoms with van der Waals surface area (Å²) in [6.07, 6.45) is 2.85. The van der Waals surface area contributed by atoms with E-state index in [-0.39, 0.29) is 23.7 Å². The van der Waals surface area contributed by atoms with Crippen LogP contribution in [0.25, 0.3) is 0 Å². The Labute approximate surface area is 151 Å². The second kappa shape index (κ2) is 7.19. The number of rotatable bonds is 4. The van der Waals surface area contributed by atoms with E-state index in [1.165, 1.54) is 0 Å². The number of amides is 2. The summed E-state index contributed by atoms with van der Waals surface area (Å²) in [5.74, 6) is 0.965. The number of hydrogen-bond donors (Lipinski definition) is 1. The minimum atomic E-state index is -0.161. The van der Waals surface area contributed by atoms with Crippen molar-refractivity contribution in [3.63, 3.8) is 0 Å². The summed E-state index contributed by atoms with van der Waals surface area (Å²) in [7, 11) is 0. The van der Waals surface area contributed by atoms with Crippen molar-refractivity contribution in [2.75, 3.05) is 18.4 Å². The Morgan fingerprint density at radius 2 is 1.84 bits per heavy atom. The highest BCUT2D eigenvalue weighted by Crippen LogP contribution is 2.42. The van der Waals surface area contributed by atoms with E-state index in [9.17, 15) is 9.59 Å². The Kier molecular flexibility index (Phi) is 5.16. The maximum Gasteiger partial charge on any atom is 0.228 e. The van der Waals surface area contributed by atoms with E-state index in [2.05, 4.69) is 32.2 Å². The van der Waals surface area contributed by atoms with Crippen molar-refractivity contribution in [3.05, 3.63) is 29.3 Å². The summed E-state index contributed by atoms with van der Waals surface area (Å²) in [5, 5.41) is 3.11. The second-order valence-corrected chi connectivity index (χ2v) is 8.14. The van der Waals surface area contributed by atoms with Gasteiger partial charge in [0.15, 0.2) is 0 Å². The number of carbonyl (C=O) groups excluding carboxylic acids is 2. The molecule has 2 fully saturated rings. The zero-order chi connectivity index (χ0) is 18.1. The van der Waals surface area contributed by atoms with Gasteiger partial charge in [0, 0.05) is 18.8 Å². The number of hydrogen-bond acceptors (Lipinski definition) is 2. The Hall–Kier alpha value is -1.84. The maximum absolute atomic E-state index is 12.7. The lowest BCUT2D eigenvalue weighted by Gasteiger charge is -2.30. The van der Waals surface area contributed by atoms with Crippen molar-refractivity contribution < 1.29 is 9.59 Å². The molecule has 2 atom stereocenters. The Morgan fingerprint density at radius 1 is 1.16 bits per heavy atom. The summed E-state index contributed by atoms with van der Waals surface area (Å²) in [6, 6.07) is 6.12. The van der Waals surface area contributed by atoms with Crippen molar-refractivity contribution in [1.29, 1.82) is 0 Å². The molecule has 2 aliphatic rings. The van der Waals surface area contributed by atoms with Gasteiger partial charge in [0.05, 0.1) is 11.8 Å². The summed E-state index contributed by atoms with van der Waals surface area (Å²) in [5.41, 5.74) is 3.15. The number of para-hydroxylation sites is 1. The highest BCUT2D eigenvalue weighted by atomic mass is 16.2. The van der Waals surface area contributed by atoms with Crippen LogP contribution in [0.5, 0.6) is 0 Å². The van der Waals surface area contributed by atoms with Crippen LogP contribution in [-0.4, -0.2) is 29.8 Å². The molecule has 1 saturated carbocycles. The lowest BCUT2D eigenvalue weighted by Crippen LogP contribution is -2.39. The van der Waals surface area contributed by atoms with E-state index in [1.807, 2.05) is 24.0 Å². The van der Waals surface area contributed by atoms with Gasteiger partial charge in [-0.1, -0.05) is 39.0 Å². The summed E-state index contributed by atoms with van der Waals surface area (Å²) < 4.78 is 0. The normalized spacial score (nSPS) is 23.6. The molecule has 2 unspecified atom stereocenters. The molecule has 0 bridgehead atoms. The van der Waals surface area contributed by atoms with Crippen molar-refractivity contribution in [2.45, 2.75) is 52.9 Å². The van der Waals surface area contributed by atoms with Crippen LogP contribution in [0.2, 0.25) is 0 Å². The van der Waals surface area contributed by atoms with Gasteiger partial charge in [-0.3, -0.25) is 9.59 Å². The molecule has 1 saturated heterocycles. The van der Waals surface area contributed by atoms with Crippen LogP contribution in [-0.2, 0) is 9.59 Å². The standard InChI is InChI=1S/C21H30N2O2/c1-13(2)16-7-5-6-15(4)19(16)22-20(24)17-12-18(17)21(25)23-10-8-14(3)9-11-23/h5-7,13-14,17-18H,8-12H2,1-4H3,(H,22,24). The zero-order valence-corrected chi connectivity index (χ0v) is 15.8. The molecule has 1 N–H and O–H groups in total. The number of aryl methyl sites for hydroxylation is 1. The highest BCUT2D eigenvalue weighted by molar-refractivity contribution is 6.00. The molecule has 1 aromatic rings. The number of piperidine rings is 1. The third-order valence-corrected chi connectivity index (χ3v) is 5.71. The van der Waals surface area contributed by atoms with Crippen LogP contribution >= 0.6 is 0 Å². The van der Waals surface area contributed by atoms with Crippen molar-refractivity contribution in [3.8, 4) is 0 Å². The van der Waals surface area contributed by atoms with Gasteiger partial charge in [0.2, 0.25) is 11.8 Å². The largest absolute Gasteiger partial charge is 0.342 e. The fourth-order valence-electron chi connectivity index (χ4n) is 3.78. The van der Waals surface area contributed by atoms with Crippen LogP contribution < -0.4 is 5.32 Å². The molecule has 4 nitrogen and oxygen atoms in total. The number of benzene rings is 1. The smallest absolute Gasteiger partial charge is 0.228 e. The van der Waals surface area contributed by atoms with Crippen molar-refractivity contribution >= 4 is 17.5 Å². The topological polar surface area (TPSA) is 49.4 Å². The molecule has 0 radical (unpaired) electrons. The SMILES string of the molecule is Cc1cccc(C(C)C)c1NC(=O)C1CC1C(=O)N1CCC(C)CC1. The molecule has 0 spiro atoms. The molecule has 2 amide bonds. The molecule has 4 heteroatoms. The van der Waals surface area contributed by atoms with E-state index in [4.69, 9.17) is 0 Å². The third kappa shape index (κ3) is 3.88. The van der Waals surface area contributed by atoms with Crippen LogP contribution in [0, 0.1) is 24.7 Å². The molecular weight excluding hydrogens is 312 g/mol. The summed E-state index contributed by atoms with van der Waals surface area (Å²) >= 11 is 0. The van der Waals surface area contributed by atoms with Gasteiger partial charge in [0.1, 0.15) is 0 Å². The van der Waals surface area contributed by atoms with E-state index < -0.39 is 0 Å². The van der Waals surface area contributed by atoms with Crippen LogP contribution in [0.4, 0.5) is 5.69 Å². The van der Waals surface area contributed by atoms with Gasteiger partial charge < -0.3 is 10.2 Å². The average Bonchev–Trinajstić information content (AvgIpc) is 3.37. The van der Waals surface area contributed by atoms with E-state index >= 15 is 0 Å². The average molecular weight is 342 g/mol. The van der Waals surface area contributed by atoms with E-state index in [0.717, 1.165) is 42.7 Å². The van der Waals surface area contributed by atoms with Gasteiger partial charge >= 0.3 is 0 Å². The first-order chi connectivity index (χ1) is 11.9. The van der Waals surface area contributed by atoms with E-state index in [1.54, 1.807) is 0 Å². The maximum atomic E-state index is 12.7. The number of likely N-dealkylation sites (tertiary alicyclic amines) is 1. The molecule has 1 aliphatic heterocycles. The summed E-state index contributed by atoms with van der Waals surface area (Å²) in [4.78, 5) is 27.3. The Morgan fingerprint density at radius 3 is 2.48 bits per heavy atom. The lowest BCUT2D eigenvalue weighted by molar-refractivity contribution is -0.135. The first-order valence-electron chi connectivity index (χ1n) is 9.57. The Balaban J connectivity index is 1.62.